The van der Waals surface area contributed by atoms with E-state index < -0.39 is 0 Å². The number of piperazine rings is 1. The molecule has 0 aliphatic carbocycles. The highest BCUT2D eigenvalue weighted by molar-refractivity contribution is 6.30. The monoisotopic (exact) mass is 268 g/mol. The summed E-state index contributed by atoms with van der Waals surface area (Å²) >= 11 is 5.98. The molecule has 0 unspecified atom stereocenters. The van der Waals surface area contributed by atoms with Crippen molar-refractivity contribution in [2.24, 2.45) is 0 Å². The Morgan fingerprint density at radius 1 is 1.06 bits per heavy atom. The van der Waals surface area contributed by atoms with Gasteiger partial charge in [0.2, 0.25) is 0 Å². The molecule has 1 N–H and O–H groups in total. The second kappa shape index (κ2) is 7.10. The lowest BCUT2D eigenvalue weighted by Crippen LogP contribution is -2.47. The van der Waals surface area contributed by atoms with Gasteiger partial charge in [-0.2, -0.15) is 0 Å². The van der Waals surface area contributed by atoms with Crippen molar-refractivity contribution in [3.63, 3.8) is 0 Å². The van der Waals surface area contributed by atoms with Crippen LogP contribution in [0.25, 0.3) is 0 Å². The molecule has 3 nitrogen and oxygen atoms in total. The highest BCUT2D eigenvalue weighted by atomic mass is 35.5. The van der Waals surface area contributed by atoms with Gasteiger partial charge < -0.3 is 10.0 Å². The normalized spacial score (nSPS) is 18.1. The van der Waals surface area contributed by atoms with Crippen molar-refractivity contribution in [3.05, 3.63) is 34.9 Å². The van der Waals surface area contributed by atoms with Crippen LogP contribution in [0.1, 0.15) is 5.56 Å². The van der Waals surface area contributed by atoms with E-state index in [1.54, 1.807) is 0 Å². The molecule has 0 radical (unpaired) electrons. The lowest BCUT2D eigenvalue weighted by Gasteiger charge is -2.34. The fourth-order valence-corrected chi connectivity index (χ4v) is 2.57. The molecule has 4 heteroatoms. The lowest BCUT2D eigenvalue weighted by molar-refractivity contribution is 0.113. The first-order valence-corrected chi connectivity index (χ1v) is 6.96. The van der Waals surface area contributed by atoms with Gasteiger partial charge in [-0.05, 0) is 24.1 Å². The van der Waals surface area contributed by atoms with Crippen molar-refractivity contribution in [2.45, 2.75) is 6.42 Å². The minimum atomic E-state index is 0.266. The van der Waals surface area contributed by atoms with Crippen LogP contribution in [0, 0.1) is 0 Å². The average Bonchev–Trinajstić information content (AvgIpc) is 2.38. The first-order chi connectivity index (χ1) is 8.78. The Hall–Kier alpha value is -0.610. The standard InChI is InChI=1S/C14H21ClN2O/c15-14-3-1-2-13(12-14)4-5-16-6-8-17(9-7-16)10-11-18/h1-3,12,18H,4-11H2. The van der Waals surface area contributed by atoms with E-state index in [-0.39, 0.29) is 6.61 Å². The summed E-state index contributed by atoms with van der Waals surface area (Å²) in [5.74, 6) is 0. The highest BCUT2D eigenvalue weighted by Crippen LogP contribution is 2.12. The Morgan fingerprint density at radius 3 is 2.33 bits per heavy atom. The zero-order chi connectivity index (χ0) is 12.8. The SMILES string of the molecule is OCCN1CCN(CCc2cccc(Cl)c2)CC1. The number of benzene rings is 1. The van der Waals surface area contributed by atoms with Crippen molar-refractivity contribution in [3.8, 4) is 0 Å². The van der Waals surface area contributed by atoms with Gasteiger partial charge in [-0.15, -0.1) is 0 Å². The van der Waals surface area contributed by atoms with E-state index in [4.69, 9.17) is 16.7 Å². The van der Waals surface area contributed by atoms with Gasteiger partial charge in [0.25, 0.3) is 0 Å². The Morgan fingerprint density at radius 2 is 1.72 bits per heavy atom. The maximum absolute atomic E-state index is 8.89. The van der Waals surface area contributed by atoms with Crippen LogP contribution in [0.2, 0.25) is 5.02 Å². The summed E-state index contributed by atoms with van der Waals surface area (Å²) < 4.78 is 0. The molecule has 1 aliphatic heterocycles. The molecule has 18 heavy (non-hydrogen) atoms. The number of hydrogen-bond donors (Lipinski definition) is 1. The summed E-state index contributed by atoms with van der Waals surface area (Å²) in [5, 5.41) is 9.71. The van der Waals surface area contributed by atoms with E-state index in [9.17, 15) is 0 Å². The first-order valence-electron chi connectivity index (χ1n) is 6.58. The Balaban J connectivity index is 1.72. The highest BCUT2D eigenvalue weighted by Gasteiger charge is 2.15. The maximum atomic E-state index is 8.89. The van der Waals surface area contributed by atoms with E-state index >= 15 is 0 Å². The first kappa shape index (κ1) is 13.8. The van der Waals surface area contributed by atoms with Crippen molar-refractivity contribution < 1.29 is 5.11 Å². The number of nitrogens with zero attached hydrogens (tertiary/aromatic N) is 2. The quantitative estimate of drug-likeness (QED) is 0.877. The minimum Gasteiger partial charge on any atom is -0.395 e. The summed E-state index contributed by atoms with van der Waals surface area (Å²) in [6, 6.07) is 8.10. The summed E-state index contributed by atoms with van der Waals surface area (Å²) in [4.78, 5) is 4.80. The molecular weight excluding hydrogens is 248 g/mol. The number of aliphatic hydroxyl groups excluding tert-OH is 1. The largest absolute Gasteiger partial charge is 0.395 e. The lowest BCUT2D eigenvalue weighted by atomic mass is 10.1. The average molecular weight is 269 g/mol. The number of rotatable bonds is 5. The van der Waals surface area contributed by atoms with Crippen LogP contribution in [0.4, 0.5) is 0 Å². The van der Waals surface area contributed by atoms with Crippen LogP contribution in [0.3, 0.4) is 0 Å². The predicted octanol–water partition coefficient (Wildman–Crippen LogP) is 1.49. The molecule has 1 saturated heterocycles. The molecule has 1 aromatic rings. The van der Waals surface area contributed by atoms with Crippen LogP contribution in [-0.4, -0.2) is 60.8 Å². The van der Waals surface area contributed by atoms with Gasteiger partial charge in [0.1, 0.15) is 0 Å². The van der Waals surface area contributed by atoms with Crippen molar-refractivity contribution in [2.75, 3.05) is 45.9 Å². The van der Waals surface area contributed by atoms with E-state index in [1.165, 1.54) is 5.56 Å². The third-order valence-corrected chi connectivity index (χ3v) is 3.72. The molecule has 1 aromatic carbocycles. The van der Waals surface area contributed by atoms with Crippen LogP contribution in [0.5, 0.6) is 0 Å². The van der Waals surface area contributed by atoms with Crippen molar-refractivity contribution in [1.29, 1.82) is 0 Å². The van der Waals surface area contributed by atoms with Crippen LogP contribution < -0.4 is 0 Å². The summed E-state index contributed by atoms with van der Waals surface area (Å²) in [6.07, 6.45) is 1.06. The second-order valence-corrected chi connectivity index (χ2v) is 5.22. The number of halogens is 1. The van der Waals surface area contributed by atoms with Gasteiger partial charge in [-0.3, -0.25) is 4.90 Å². The number of aliphatic hydroxyl groups is 1. The predicted molar refractivity (Wildman–Crippen MR) is 75.1 cm³/mol. The zero-order valence-corrected chi connectivity index (χ0v) is 11.4. The summed E-state index contributed by atoms with van der Waals surface area (Å²) in [7, 11) is 0. The van der Waals surface area contributed by atoms with Gasteiger partial charge in [0.05, 0.1) is 6.61 Å². The van der Waals surface area contributed by atoms with Crippen LogP contribution >= 0.6 is 11.6 Å². The Bertz CT molecular complexity index is 365. The molecule has 0 saturated carbocycles. The third-order valence-electron chi connectivity index (χ3n) is 3.49. The van der Waals surface area contributed by atoms with Crippen molar-refractivity contribution >= 4 is 11.6 Å². The molecule has 2 rings (SSSR count). The smallest absolute Gasteiger partial charge is 0.0558 e. The molecule has 100 valence electrons. The van der Waals surface area contributed by atoms with E-state index in [0.29, 0.717) is 0 Å². The van der Waals surface area contributed by atoms with E-state index in [2.05, 4.69) is 15.9 Å². The molecular formula is C14H21ClN2O. The summed E-state index contributed by atoms with van der Waals surface area (Å²) in [6.45, 7) is 6.49. The second-order valence-electron chi connectivity index (χ2n) is 4.79. The van der Waals surface area contributed by atoms with Gasteiger partial charge in [-0.1, -0.05) is 23.7 Å². The van der Waals surface area contributed by atoms with Gasteiger partial charge in [0, 0.05) is 44.3 Å². The van der Waals surface area contributed by atoms with Gasteiger partial charge in [-0.25, -0.2) is 0 Å². The molecule has 0 amide bonds. The van der Waals surface area contributed by atoms with Crippen molar-refractivity contribution in [1.82, 2.24) is 9.80 Å². The maximum Gasteiger partial charge on any atom is 0.0558 e. The Kier molecular flexibility index (Phi) is 5.45. The van der Waals surface area contributed by atoms with Gasteiger partial charge in [0.15, 0.2) is 0 Å². The molecule has 1 fully saturated rings. The van der Waals surface area contributed by atoms with Gasteiger partial charge >= 0.3 is 0 Å². The topological polar surface area (TPSA) is 26.7 Å². The zero-order valence-electron chi connectivity index (χ0n) is 10.7. The van der Waals surface area contributed by atoms with Crippen LogP contribution in [0.15, 0.2) is 24.3 Å². The Labute approximate surface area is 114 Å². The van der Waals surface area contributed by atoms with E-state index in [1.807, 2.05) is 18.2 Å². The molecule has 1 heterocycles. The molecule has 0 spiro atoms. The number of β-amino-alcohol motifs (C(OH)–C–C–N with tert-alkyl or cyclic N) is 1. The summed E-state index contributed by atoms with van der Waals surface area (Å²) in [5.41, 5.74) is 1.31. The minimum absolute atomic E-state index is 0.266. The number of hydrogen-bond acceptors (Lipinski definition) is 3. The molecule has 0 bridgehead atoms. The molecule has 0 aromatic heterocycles. The fourth-order valence-electron chi connectivity index (χ4n) is 2.36. The molecule has 0 atom stereocenters. The third kappa shape index (κ3) is 4.25. The molecule has 1 aliphatic rings. The fraction of sp³-hybridized carbons (Fsp3) is 0.571. The van der Waals surface area contributed by atoms with Crippen LogP contribution in [-0.2, 0) is 6.42 Å². The van der Waals surface area contributed by atoms with E-state index in [0.717, 1.165) is 50.7 Å².